The van der Waals surface area contributed by atoms with Crippen LogP contribution >= 0.6 is 11.6 Å². The van der Waals surface area contributed by atoms with Crippen molar-refractivity contribution in [2.24, 2.45) is 5.41 Å². The smallest absolute Gasteiger partial charge is 0.313 e. The van der Waals surface area contributed by atoms with Gasteiger partial charge in [-0.1, -0.05) is 11.6 Å². The highest BCUT2D eigenvalue weighted by Crippen LogP contribution is 2.46. The molecule has 1 fully saturated rings. The predicted octanol–water partition coefficient (Wildman–Crippen LogP) is 3.13. The predicted molar refractivity (Wildman–Crippen MR) is 71.6 cm³/mol. The molecule has 4 nitrogen and oxygen atoms in total. The summed E-state index contributed by atoms with van der Waals surface area (Å²) < 4.78 is 5.60. The number of carboxylic acid groups (broad SMARTS) is 1. The van der Waals surface area contributed by atoms with Gasteiger partial charge in [-0.05, 0) is 42.5 Å². The number of aromatic nitrogens is 1. The Morgan fingerprint density at radius 1 is 1.42 bits per heavy atom. The summed E-state index contributed by atoms with van der Waals surface area (Å²) in [7, 11) is 0. The van der Waals surface area contributed by atoms with Gasteiger partial charge in [0.15, 0.2) is 0 Å². The molecular weight excluding hydrogens is 266 g/mol. The van der Waals surface area contributed by atoms with Gasteiger partial charge < -0.3 is 9.84 Å². The van der Waals surface area contributed by atoms with Crippen LogP contribution in [0.5, 0.6) is 5.75 Å². The number of aliphatic carboxylic acids is 1. The van der Waals surface area contributed by atoms with Gasteiger partial charge >= 0.3 is 5.97 Å². The minimum atomic E-state index is -0.777. The first-order chi connectivity index (χ1) is 9.11. The fourth-order valence-corrected chi connectivity index (χ4v) is 2.23. The SMILES string of the molecule is O=C(O)C1(COc2ccc3c(Cl)nccc3c2)CC1. The van der Waals surface area contributed by atoms with Gasteiger partial charge in [0, 0.05) is 11.6 Å². The second-order valence-electron chi connectivity index (χ2n) is 4.86. The zero-order valence-corrected chi connectivity index (χ0v) is 10.9. The third-order valence-electron chi connectivity index (χ3n) is 3.51. The normalized spacial score (nSPS) is 16.3. The molecule has 1 aromatic heterocycles. The van der Waals surface area contributed by atoms with Gasteiger partial charge in [-0.25, -0.2) is 4.98 Å². The molecule has 3 rings (SSSR count). The first-order valence-corrected chi connectivity index (χ1v) is 6.39. The molecule has 5 heteroatoms. The van der Waals surface area contributed by atoms with E-state index >= 15 is 0 Å². The molecule has 0 unspecified atom stereocenters. The Balaban J connectivity index is 1.81. The molecule has 19 heavy (non-hydrogen) atoms. The molecule has 0 amide bonds. The van der Waals surface area contributed by atoms with Gasteiger partial charge in [-0.15, -0.1) is 0 Å². The van der Waals surface area contributed by atoms with Crippen LogP contribution in [0.15, 0.2) is 30.5 Å². The van der Waals surface area contributed by atoms with Crippen LogP contribution < -0.4 is 4.74 Å². The topological polar surface area (TPSA) is 59.4 Å². The number of pyridine rings is 1. The van der Waals surface area contributed by atoms with Crippen LogP contribution in [0.1, 0.15) is 12.8 Å². The molecule has 0 radical (unpaired) electrons. The summed E-state index contributed by atoms with van der Waals surface area (Å²) in [5.41, 5.74) is -0.676. The van der Waals surface area contributed by atoms with E-state index in [2.05, 4.69) is 4.98 Å². The summed E-state index contributed by atoms with van der Waals surface area (Å²) in [6.07, 6.45) is 3.01. The molecule has 1 N–H and O–H groups in total. The lowest BCUT2D eigenvalue weighted by Crippen LogP contribution is -2.22. The quantitative estimate of drug-likeness (QED) is 0.872. The van der Waals surface area contributed by atoms with Gasteiger partial charge in [-0.3, -0.25) is 4.79 Å². The van der Waals surface area contributed by atoms with E-state index in [9.17, 15) is 4.79 Å². The Bertz CT molecular complexity index is 652. The molecule has 2 aromatic rings. The van der Waals surface area contributed by atoms with E-state index in [-0.39, 0.29) is 6.61 Å². The summed E-state index contributed by atoms with van der Waals surface area (Å²) in [5, 5.41) is 11.3. The van der Waals surface area contributed by atoms with E-state index in [1.165, 1.54) is 0 Å². The van der Waals surface area contributed by atoms with Crippen molar-refractivity contribution >= 4 is 28.3 Å². The zero-order valence-electron chi connectivity index (χ0n) is 10.1. The first kappa shape index (κ1) is 12.2. The molecule has 0 bridgehead atoms. The highest BCUT2D eigenvalue weighted by atomic mass is 35.5. The fraction of sp³-hybridized carbons (Fsp3) is 0.286. The zero-order chi connectivity index (χ0) is 13.5. The van der Waals surface area contributed by atoms with Crippen molar-refractivity contribution in [2.75, 3.05) is 6.61 Å². The van der Waals surface area contributed by atoms with Crippen molar-refractivity contribution in [3.05, 3.63) is 35.6 Å². The van der Waals surface area contributed by atoms with Crippen molar-refractivity contribution in [1.82, 2.24) is 4.98 Å². The standard InChI is InChI=1S/C14H12ClNO3/c15-12-11-2-1-10(7-9(11)3-6-16-12)19-8-14(4-5-14)13(17)18/h1-3,6-7H,4-5,8H2,(H,17,18). The van der Waals surface area contributed by atoms with Crippen molar-refractivity contribution in [3.63, 3.8) is 0 Å². The molecule has 98 valence electrons. The average molecular weight is 278 g/mol. The van der Waals surface area contributed by atoms with Crippen LogP contribution in [0, 0.1) is 5.41 Å². The minimum absolute atomic E-state index is 0.215. The lowest BCUT2D eigenvalue weighted by molar-refractivity contribution is -0.144. The number of benzene rings is 1. The van der Waals surface area contributed by atoms with Crippen molar-refractivity contribution in [3.8, 4) is 5.75 Å². The number of ether oxygens (including phenoxy) is 1. The molecule has 0 spiro atoms. The van der Waals surface area contributed by atoms with Crippen LogP contribution in [-0.2, 0) is 4.79 Å². The lowest BCUT2D eigenvalue weighted by atomic mass is 10.1. The van der Waals surface area contributed by atoms with E-state index in [1.807, 2.05) is 18.2 Å². The lowest BCUT2D eigenvalue weighted by Gasteiger charge is -2.12. The maximum absolute atomic E-state index is 11.1. The maximum atomic E-state index is 11.1. The number of hydrogen-bond acceptors (Lipinski definition) is 3. The van der Waals surface area contributed by atoms with Crippen molar-refractivity contribution < 1.29 is 14.6 Å². The van der Waals surface area contributed by atoms with Crippen LogP contribution in [0.25, 0.3) is 10.8 Å². The summed E-state index contributed by atoms with van der Waals surface area (Å²) in [6, 6.07) is 7.31. The second kappa shape index (κ2) is 4.38. The van der Waals surface area contributed by atoms with Crippen LogP contribution in [0.3, 0.4) is 0 Å². The number of rotatable bonds is 4. The van der Waals surface area contributed by atoms with Gasteiger partial charge in [-0.2, -0.15) is 0 Å². The molecule has 1 heterocycles. The maximum Gasteiger partial charge on any atom is 0.313 e. The van der Waals surface area contributed by atoms with Crippen LogP contribution in [0.4, 0.5) is 0 Å². The van der Waals surface area contributed by atoms with Gasteiger partial charge in [0.1, 0.15) is 22.9 Å². The Morgan fingerprint density at radius 2 is 2.21 bits per heavy atom. The molecule has 1 aliphatic carbocycles. The Kier molecular flexibility index (Phi) is 2.82. The molecule has 1 aliphatic rings. The highest BCUT2D eigenvalue weighted by molar-refractivity contribution is 6.34. The number of halogens is 1. The van der Waals surface area contributed by atoms with Gasteiger partial charge in [0.05, 0.1) is 0 Å². The average Bonchev–Trinajstić information content (AvgIpc) is 3.18. The number of carbonyl (C=O) groups is 1. The van der Waals surface area contributed by atoms with Crippen LogP contribution in [-0.4, -0.2) is 22.7 Å². The molecule has 1 aromatic carbocycles. The Labute approximate surface area is 115 Å². The Hall–Kier alpha value is -1.81. The van der Waals surface area contributed by atoms with Gasteiger partial charge in [0.25, 0.3) is 0 Å². The van der Waals surface area contributed by atoms with E-state index in [1.54, 1.807) is 12.3 Å². The van der Waals surface area contributed by atoms with Crippen molar-refractivity contribution in [1.29, 1.82) is 0 Å². The van der Waals surface area contributed by atoms with E-state index in [0.29, 0.717) is 23.7 Å². The largest absolute Gasteiger partial charge is 0.492 e. The third-order valence-corrected chi connectivity index (χ3v) is 3.81. The minimum Gasteiger partial charge on any atom is -0.492 e. The summed E-state index contributed by atoms with van der Waals surface area (Å²) in [5.74, 6) is -0.122. The number of hydrogen-bond donors (Lipinski definition) is 1. The van der Waals surface area contributed by atoms with E-state index < -0.39 is 11.4 Å². The summed E-state index contributed by atoms with van der Waals surface area (Å²) in [4.78, 5) is 15.1. The van der Waals surface area contributed by atoms with E-state index in [4.69, 9.17) is 21.4 Å². The highest BCUT2D eigenvalue weighted by Gasteiger charge is 2.51. The summed E-state index contributed by atoms with van der Waals surface area (Å²) in [6.45, 7) is 0.215. The van der Waals surface area contributed by atoms with Gasteiger partial charge in [0.2, 0.25) is 0 Å². The number of fused-ring (bicyclic) bond motifs is 1. The molecular formula is C14H12ClNO3. The molecule has 0 aliphatic heterocycles. The third kappa shape index (κ3) is 2.24. The Morgan fingerprint density at radius 3 is 2.89 bits per heavy atom. The van der Waals surface area contributed by atoms with Crippen LogP contribution in [0.2, 0.25) is 5.15 Å². The monoisotopic (exact) mass is 277 g/mol. The fourth-order valence-electron chi connectivity index (χ4n) is 2.00. The van der Waals surface area contributed by atoms with Crippen molar-refractivity contribution in [2.45, 2.75) is 12.8 Å². The second-order valence-corrected chi connectivity index (χ2v) is 5.22. The first-order valence-electron chi connectivity index (χ1n) is 6.01. The molecule has 1 saturated carbocycles. The molecule has 0 atom stereocenters. The van der Waals surface area contributed by atoms with E-state index in [0.717, 1.165) is 10.8 Å². The molecule has 0 saturated heterocycles. The summed E-state index contributed by atoms with van der Waals surface area (Å²) >= 11 is 5.98. The number of carboxylic acids is 1. The number of nitrogens with zero attached hydrogens (tertiary/aromatic N) is 1.